The van der Waals surface area contributed by atoms with Gasteiger partial charge < -0.3 is 40.3 Å². The third kappa shape index (κ3) is 27.5. The molecule has 0 bridgehead atoms. The minimum Gasteiger partial charge on any atom is -0.394 e. The number of hydrogen-bond acceptors (Lipinski definition) is 8. The zero-order valence-electron chi connectivity index (χ0n) is 35.4. The Morgan fingerprint density at radius 3 is 1.64 bits per heavy atom. The summed E-state index contributed by atoms with van der Waals surface area (Å²) in [6.07, 6.45) is 41.1. The van der Waals surface area contributed by atoms with Gasteiger partial charge in [0.15, 0.2) is 6.29 Å². The molecular formula is C47H83NO8. The van der Waals surface area contributed by atoms with Gasteiger partial charge in [-0.05, 0) is 77.0 Å². The van der Waals surface area contributed by atoms with Gasteiger partial charge in [0.25, 0.3) is 0 Å². The van der Waals surface area contributed by atoms with Crippen LogP contribution in [0.2, 0.25) is 0 Å². The highest BCUT2D eigenvalue weighted by Crippen LogP contribution is 2.22. The first-order valence-corrected chi connectivity index (χ1v) is 22.5. The van der Waals surface area contributed by atoms with Crippen molar-refractivity contribution in [3.63, 3.8) is 0 Å². The average molecular weight is 790 g/mol. The lowest BCUT2D eigenvalue weighted by Crippen LogP contribution is -2.60. The highest BCUT2D eigenvalue weighted by atomic mass is 16.7. The number of nitrogens with one attached hydrogen (secondary N) is 1. The molecule has 0 saturated carbocycles. The molecule has 56 heavy (non-hydrogen) atoms. The van der Waals surface area contributed by atoms with E-state index in [0.29, 0.717) is 6.42 Å². The first-order chi connectivity index (χ1) is 27.3. The van der Waals surface area contributed by atoms with Crippen LogP contribution in [0.15, 0.2) is 60.8 Å². The minimum atomic E-state index is -1.58. The Kier molecular flexibility index (Phi) is 34.5. The first-order valence-electron chi connectivity index (χ1n) is 22.5. The van der Waals surface area contributed by atoms with E-state index in [1.807, 2.05) is 6.08 Å². The highest BCUT2D eigenvalue weighted by Gasteiger charge is 2.44. The van der Waals surface area contributed by atoms with Crippen molar-refractivity contribution in [2.45, 2.75) is 217 Å². The van der Waals surface area contributed by atoms with Crippen molar-refractivity contribution >= 4 is 5.91 Å². The third-order valence-corrected chi connectivity index (χ3v) is 10.3. The molecule has 0 radical (unpaired) electrons. The number of unbranched alkanes of at least 4 members (excludes halogenated alkanes) is 18. The molecule has 1 aliphatic rings. The smallest absolute Gasteiger partial charge is 0.220 e. The summed E-state index contributed by atoms with van der Waals surface area (Å²) < 4.78 is 11.2. The molecule has 324 valence electrons. The summed E-state index contributed by atoms with van der Waals surface area (Å²) in [4.78, 5) is 12.9. The zero-order valence-corrected chi connectivity index (χ0v) is 35.4. The summed E-state index contributed by atoms with van der Waals surface area (Å²) >= 11 is 0. The van der Waals surface area contributed by atoms with Gasteiger partial charge in [0.05, 0.1) is 25.4 Å². The van der Waals surface area contributed by atoms with Gasteiger partial charge in [0.2, 0.25) is 5.91 Å². The van der Waals surface area contributed by atoms with Crippen LogP contribution in [0.1, 0.15) is 174 Å². The fraction of sp³-hybridized carbons (Fsp3) is 0.766. The molecule has 7 atom stereocenters. The molecule has 1 saturated heterocycles. The third-order valence-electron chi connectivity index (χ3n) is 10.3. The summed E-state index contributed by atoms with van der Waals surface area (Å²) in [7, 11) is 0. The van der Waals surface area contributed by atoms with E-state index in [0.717, 1.165) is 77.0 Å². The van der Waals surface area contributed by atoms with E-state index >= 15 is 0 Å². The van der Waals surface area contributed by atoms with E-state index in [4.69, 9.17) is 9.47 Å². The van der Waals surface area contributed by atoms with E-state index in [1.54, 1.807) is 6.08 Å². The second-order valence-electron chi connectivity index (χ2n) is 15.5. The molecule has 1 fully saturated rings. The molecule has 1 heterocycles. The molecule has 1 rings (SSSR count). The van der Waals surface area contributed by atoms with Gasteiger partial charge in [0.1, 0.15) is 24.4 Å². The van der Waals surface area contributed by atoms with Crippen LogP contribution >= 0.6 is 0 Å². The number of rotatable bonds is 36. The van der Waals surface area contributed by atoms with E-state index in [1.165, 1.54) is 77.0 Å². The summed E-state index contributed by atoms with van der Waals surface area (Å²) in [6, 6.07) is -0.836. The van der Waals surface area contributed by atoms with Crippen molar-refractivity contribution in [2.24, 2.45) is 0 Å². The predicted octanol–water partition coefficient (Wildman–Crippen LogP) is 9.22. The monoisotopic (exact) mass is 790 g/mol. The van der Waals surface area contributed by atoms with Crippen molar-refractivity contribution in [1.82, 2.24) is 5.32 Å². The lowest BCUT2D eigenvalue weighted by molar-refractivity contribution is -0.302. The van der Waals surface area contributed by atoms with Crippen LogP contribution in [-0.4, -0.2) is 87.5 Å². The first kappa shape index (κ1) is 51.9. The van der Waals surface area contributed by atoms with Gasteiger partial charge in [-0.25, -0.2) is 0 Å². The van der Waals surface area contributed by atoms with Crippen molar-refractivity contribution < 1.29 is 39.8 Å². The van der Waals surface area contributed by atoms with Gasteiger partial charge in [0, 0.05) is 6.42 Å². The van der Waals surface area contributed by atoms with Gasteiger partial charge in [-0.3, -0.25) is 4.79 Å². The van der Waals surface area contributed by atoms with Gasteiger partial charge in [-0.1, -0.05) is 152 Å². The molecule has 1 aliphatic heterocycles. The number of amides is 1. The Balaban J connectivity index is 2.44. The molecule has 0 aliphatic carbocycles. The lowest BCUT2D eigenvalue weighted by Gasteiger charge is -2.40. The molecule has 0 aromatic rings. The number of aliphatic hydroxyl groups excluding tert-OH is 5. The van der Waals surface area contributed by atoms with Crippen LogP contribution in [0.4, 0.5) is 0 Å². The molecule has 9 nitrogen and oxygen atoms in total. The average Bonchev–Trinajstić information content (AvgIpc) is 3.20. The summed E-state index contributed by atoms with van der Waals surface area (Å²) in [5, 5.41) is 54.1. The van der Waals surface area contributed by atoms with Crippen LogP contribution < -0.4 is 5.32 Å². The van der Waals surface area contributed by atoms with Gasteiger partial charge in [-0.15, -0.1) is 0 Å². The SMILES string of the molecule is CCCCC/C=C\C/C=C\CCCCCCCC(=O)NC(COC1OC(CO)C(O)C(O)C1O)C(O)/C=C/CC/C=C/CC/C=C/CCCCCCCCCC. The fourth-order valence-electron chi connectivity index (χ4n) is 6.63. The number of hydrogen-bond donors (Lipinski definition) is 6. The Morgan fingerprint density at radius 2 is 1.07 bits per heavy atom. The van der Waals surface area contributed by atoms with Crippen molar-refractivity contribution in [3.05, 3.63) is 60.8 Å². The normalized spacial score (nSPS) is 21.7. The van der Waals surface area contributed by atoms with E-state index in [-0.39, 0.29) is 12.5 Å². The Hall–Kier alpha value is -2.11. The quantitative estimate of drug-likeness (QED) is 0.0272. The molecule has 7 unspecified atom stereocenters. The summed E-state index contributed by atoms with van der Waals surface area (Å²) in [5.41, 5.74) is 0. The van der Waals surface area contributed by atoms with Crippen LogP contribution in [-0.2, 0) is 14.3 Å². The van der Waals surface area contributed by atoms with Gasteiger partial charge in [-0.2, -0.15) is 0 Å². The lowest BCUT2D eigenvalue weighted by atomic mass is 9.99. The van der Waals surface area contributed by atoms with Crippen LogP contribution in [0.5, 0.6) is 0 Å². The molecule has 0 aromatic heterocycles. The zero-order chi connectivity index (χ0) is 40.9. The van der Waals surface area contributed by atoms with Crippen molar-refractivity contribution in [1.29, 1.82) is 0 Å². The Morgan fingerprint density at radius 1 is 0.607 bits per heavy atom. The predicted molar refractivity (Wildman–Crippen MR) is 230 cm³/mol. The fourth-order valence-corrected chi connectivity index (χ4v) is 6.63. The van der Waals surface area contributed by atoms with Crippen LogP contribution in [0.25, 0.3) is 0 Å². The van der Waals surface area contributed by atoms with E-state index in [2.05, 4.69) is 67.8 Å². The number of carbonyl (C=O) groups is 1. The van der Waals surface area contributed by atoms with Crippen LogP contribution in [0.3, 0.4) is 0 Å². The Labute approximate surface area is 341 Å². The largest absolute Gasteiger partial charge is 0.394 e. The van der Waals surface area contributed by atoms with Crippen LogP contribution in [0, 0.1) is 0 Å². The maximum absolute atomic E-state index is 12.9. The van der Waals surface area contributed by atoms with Crippen molar-refractivity contribution in [2.75, 3.05) is 13.2 Å². The molecule has 0 aromatic carbocycles. The van der Waals surface area contributed by atoms with E-state index < -0.39 is 49.5 Å². The second kappa shape index (κ2) is 37.2. The number of ether oxygens (including phenoxy) is 2. The standard InChI is InChI=1S/C47H83NO8/c1-3-5-7-9-11-13-15-17-19-20-21-23-24-26-28-30-32-34-36-41(50)40(39-55-47-46(54)45(53)44(52)42(38-49)56-47)48-43(51)37-35-33-31-29-27-25-22-18-16-14-12-10-8-6-4-2/h12,14,18,20-22,26,28,34,36,40-42,44-47,49-50,52-54H,3-11,13,15-17,19,23-25,27,29-33,35,37-39H2,1-2H3,(H,48,51)/b14-12-,21-20+,22-18-,28-26+,36-34+. The summed E-state index contributed by atoms with van der Waals surface area (Å²) in [5.74, 6) is -0.208. The molecule has 1 amide bonds. The number of aliphatic hydroxyl groups is 5. The molecule has 9 heteroatoms. The highest BCUT2D eigenvalue weighted by molar-refractivity contribution is 5.76. The second-order valence-corrected chi connectivity index (χ2v) is 15.5. The Bertz CT molecular complexity index is 1060. The minimum absolute atomic E-state index is 0.208. The molecule has 0 spiro atoms. The van der Waals surface area contributed by atoms with Gasteiger partial charge >= 0.3 is 0 Å². The number of carbonyl (C=O) groups excluding carboxylic acids is 1. The molecule has 6 N–H and O–H groups in total. The van der Waals surface area contributed by atoms with E-state index in [9.17, 15) is 30.3 Å². The van der Waals surface area contributed by atoms with Crippen molar-refractivity contribution in [3.8, 4) is 0 Å². The maximum atomic E-state index is 12.9. The topological polar surface area (TPSA) is 149 Å². The molecular weight excluding hydrogens is 707 g/mol. The number of allylic oxidation sites excluding steroid dienone is 9. The summed E-state index contributed by atoms with van der Waals surface area (Å²) in [6.45, 7) is 3.69. The maximum Gasteiger partial charge on any atom is 0.220 e.